The van der Waals surface area contributed by atoms with Gasteiger partial charge in [-0.05, 0) is 88.3 Å². The molecule has 0 spiro atoms. The highest BCUT2D eigenvalue weighted by molar-refractivity contribution is 6.23. The third kappa shape index (κ3) is 4.87. The summed E-state index contributed by atoms with van der Waals surface area (Å²) in [5.74, 6) is 0.635. The van der Waals surface area contributed by atoms with Gasteiger partial charge in [0.1, 0.15) is 0 Å². The number of fused-ring (bicyclic) bond motifs is 14. The zero-order valence-corrected chi connectivity index (χ0v) is 33.9. The van der Waals surface area contributed by atoms with Crippen LogP contribution in [0.4, 0.5) is 0 Å². The first-order valence-corrected chi connectivity index (χ1v) is 21.5. The van der Waals surface area contributed by atoms with Gasteiger partial charge in [-0.3, -0.25) is 4.57 Å². The Kier molecular flexibility index (Phi) is 7.05. The Bertz CT molecular complexity index is 4210. The minimum Gasteiger partial charge on any atom is -0.309 e. The Morgan fingerprint density at radius 2 is 0.825 bits per heavy atom. The van der Waals surface area contributed by atoms with Crippen molar-refractivity contribution in [1.29, 1.82) is 0 Å². The van der Waals surface area contributed by atoms with Gasteiger partial charge >= 0.3 is 0 Å². The summed E-state index contributed by atoms with van der Waals surface area (Å²) in [5.41, 5.74) is 11.9. The zero-order valence-electron chi connectivity index (χ0n) is 33.9. The Balaban J connectivity index is 1.06. The minimum absolute atomic E-state index is 0.635. The van der Waals surface area contributed by atoms with E-state index in [1.807, 2.05) is 0 Å². The molecule has 5 heteroatoms. The largest absolute Gasteiger partial charge is 0.309 e. The lowest BCUT2D eigenvalue weighted by Gasteiger charge is -2.13. The molecule has 0 bridgehead atoms. The molecule has 4 heterocycles. The summed E-state index contributed by atoms with van der Waals surface area (Å²) in [4.78, 5) is 11.0. The number of hydrogen-bond acceptors (Lipinski definition) is 2. The zero-order chi connectivity index (χ0) is 41.2. The average Bonchev–Trinajstić information content (AvgIpc) is 3.99. The molecule has 0 atom stereocenters. The van der Waals surface area contributed by atoms with E-state index in [4.69, 9.17) is 9.97 Å². The fourth-order valence-electron chi connectivity index (χ4n) is 10.5. The van der Waals surface area contributed by atoms with E-state index in [1.165, 1.54) is 65.0 Å². The van der Waals surface area contributed by atoms with Gasteiger partial charge in [-0.1, -0.05) is 146 Å². The lowest BCUT2D eigenvalue weighted by molar-refractivity contribution is 1.01. The van der Waals surface area contributed by atoms with E-state index in [0.717, 1.165) is 55.5 Å². The maximum Gasteiger partial charge on any atom is 0.235 e. The molecular weight excluding hydrogens is 767 g/mol. The molecule has 63 heavy (non-hydrogen) atoms. The first-order valence-electron chi connectivity index (χ1n) is 21.5. The molecule has 4 aromatic heterocycles. The molecule has 0 aliphatic heterocycles. The van der Waals surface area contributed by atoms with Gasteiger partial charge < -0.3 is 9.13 Å². The number of benzene rings is 10. The van der Waals surface area contributed by atoms with Crippen molar-refractivity contribution < 1.29 is 0 Å². The SMILES string of the molecule is c1ccc(-n2c3ccccc3c3cc(-c4nc(-n5c6cc(-n7c8ccccc8c8c9ccccc9ccc87)ccc6c6c7ccccc7ccc65)nc5ccccc45)ccc32)cc1. The molecule has 292 valence electrons. The second kappa shape index (κ2) is 13.0. The molecule has 10 aromatic carbocycles. The number of rotatable bonds is 4. The maximum atomic E-state index is 5.61. The molecule has 5 nitrogen and oxygen atoms in total. The van der Waals surface area contributed by atoms with Crippen molar-refractivity contribution in [3.8, 4) is 28.6 Å². The van der Waals surface area contributed by atoms with Crippen molar-refractivity contribution in [2.45, 2.75) is 0 Å². The molecule has 0 unspecified atom stereocenters. The Morgan fingerprint density at radius 3 is 1.57 bits per heavy atom. The molecule has 0 aliphatic rings. The summed E-state index contributed by atoms with van der Waals surface area (Å²) in [5, 5.41) is 13.1. The van der Waals surface area contributed by atoms with Gasteiger partial charge in [0.05, 0.1) is 44.3 Å². The fourth-order valence-corrected chi connectivity index (χ4v) is 10.5. The van der Waals surface area contributed by atoms with Crippen LogP contribution in [-0.2, 0) is 0 Å². The maximum absolute atomic E-state index is 5.61. The van der Waals surface area contributed by atoms with Crippen molar-refractivity contribution in [3.05, 3.63) is 212 Å². The number of hydrogen-bond donors (Lipinski definition) is 0. The van der Waals surface area contributed by atoms with Crippen LogP contribution in [0.25, 0.3) is 126 Å². The molecule has 0 saturated carbocycles. The summed E-state index contributed by atoms with van der Waals surface area (Å²) < 4.78 is 7.07. The fraction of sp³-hybridized carbons (Fsp3) is 0. The van der Waals surface area contributed by atoms with Crippen molar-refractivity contribution in [1.82, 2.24) is 23.7 Å². The van der Waals surface area contributed by atoms with Gasteiger partial charge in [0.2, 0.25) is 5.95 Å². The molecule has 0 saturated heterocycles. The highest BCUT2D eigenvalue weighted by Crippen LogP contribution is 2.42. The van der Waals surface area contributed by atoms with E-state index in [0.29, 0.717) is 5.95 Å². The number of aromatic nitrogens is 5. The normalized spacial score (nSPS) is 12.1. The van der Waals surface area contributed by atoms with Crippen LogP contribution in [0.5, 0.6) is 0 Å². The third-order valence-corrected chi connectivity index (χ3v) is 13.2. The molecule has 0 amide bonds. The minimum atomic E-state index is 0.635. The van der Waals surface area contributed by atoms with Gasteiger partial charge in [-0.25, -0.2) is 9.97 Å². The predicted octanol–water partition coefficient (Wildman–Crippen LogP) is 14.9. The topological polar surface area (TPSA) is 40.6 Å². The molecule has 0 fully saturated rings. The molecular formula is C58H35N5. The van der Waals surface area contributed by atoms with Crippen LogP contribution in [0.2, 0.25) is 0 Å². The van der Waals surface area contributed by atoms with Gasteiger partial charge in [0.25, 0.3) is 0 Å². The average molecular weight is 802 g/mol. The predicted molar refractivity (Wildman–Crippen MR) is 263 cm³/mol. The van der Waals surface area contributed by atoms with Crippen LogP contribution in [0.1, 0.15) is 0 Å². The Labute approximate surface area is 360 Å². The summed E-state index contributed by atoms with van der Waals surface area (Å²) in [6.45, 7) is 0. The lowest BCUT2D eigenvalue weighted by atomic mass is 10.0. The standard InChI is InChI=1S/C58H35N5/c1-2-16-39(17-3-1)61-49-24-12-9-20-43(49)47-34-38(28-31-51(47)61)57-44-21-8-11-23-48(44)59-58(60-57)63-53-33-27-37-15-5-7-19-42(37)56(53)46-30-29-40(35-54(46)63)62-50-25-13-10-22-45(50)55-41-18-6-4-14-36(41)26-32-52(55)62/h1-35H. The number of nitrogens with zero attached hydrogens (tertiary/aromatic N) is 5. The van der Waals surface area contributed by atoms with E-state index in [1.54, 1.807) is 0 Å². The third-order valence-electron chi connectivity index (χ3n) is 13.2. The highest BCUT2D eigenvalue weighted by atomic mass is 15.2. The lowest BCUT2D eigenvalue weighted by Crippen LogP contribution is -2.04. The van der Waals surface area contributed by atoms with E-state index in [-0.39, 0.29) is 0 Å². The van der Waals surface area contributed by atoms with Crippen molar-refractivity contribution in [3.63, 3.8) is 0 Å². The summed E-state index contributed by atoms with van der Waals surface area (Å²) in [7, 11) is 0. The van der Waals surface area contributed by atoms with E-state index in [9.17, 15) is 0 Å². The van der Waals surface area contributed by atoms with Gasteiger partial charge in [-0.2, -0.15) is 0 Å². The van der Waals surface area contributed by atoms with Gasteiger partial charge in [-0.15, -0.1) is 0 Å². The van der Waals surface area contributed by atoms with Gasteiger partial charge in [0.15, 0.2) is 0 Å². The summed E-state index contributed by atoms with van der Waals surface area (Å²) in [6, 6.07) is 76.6. The Hall–Kier alpha value is -8.54. The van der Waals surface area contributed by atoms with E-state index in [2.05, 4.69) is 226 Å². The molecule has 14 rings (SSSR count). The summed E-state index contributed by atoms with van der Waals surface area (Å²) in [6.07, 6.45) is 0. The van der Waals surface area contributed by atoms with Crippen LogP contribution in [-0.4, -0.2) is 23.7 Å². The second-order valence-electron chi connectivity index (χ2n) is 16.6. The van der Waals surface area contributed by atoms with Crippen LogP contribution < -0.4 is 0 Å². The van der Waals surface area contributed by atoms with Crippen molar-refractivity contribution >= 4 is 97.9 Å². The van der Waals surface area contributed by atoms with Crippen LogP contribution in [0, 0.1) is 0 Å². The molecule has 14 aromatic rings. The first kappa shape index (κ1) is 34.2. The van der Waals surface area contributed by atoms with Gasteiger partial charge in [0, 0.05) is 54.6 Å². The van der Waals surface area contributed by atoms with Crippen LogP contribution >= 0.6 is 0 Å². The number of para-hydroxylation sites is 4. The smallest absolute Gasteiger partial charge is 0.235 e. The summed E-state index contributed by atoms with van der Waals surface area (Å²) >= 11 is 0. The van der Waals surface area contributed by atoms with E-state index < -0.39 is 0 Å². The quantitative estimate of drug-likeness (QED) is 0.178. The highest BCUT2D eigenvalue weighted by Gasteiger charge is 2.22. The molecule has 0 radical (unpaired) electrons. The molecule has 0 aliphatic carbocycles. The monoisotopic (exact) mass is 801 g/mol. The molecule has 0 N–H and O–H groups in total. The first-order chi connectivity index (χ1) is 31.3. The van der Waals surface area contributed by atoms with Crippen LogP contribution in [0.15, 0.2) is 212 Å². The van der Waals surface area contributed by atoms with Crippen LogP contribution in [0.3, 0.4) is 0 Å². The van der Waals surface area contributed by atoms with E-state index >= 15 is 0 Å². The van der Waals surface area contributed by atoms with Crippen molar-refractivity contribution in [2.24, 2.45) is 0 Å². The van der Waals surface area contributed by atoms with Crippen molar-refractivity contribution in [2.75, 3.05) is 0 Å². The Morgan fingerprint density at radius 1 is 0.286 bits per heavy atom. The second-order valence-corrected chi connectivity index (χ2v) is 16.6.